The zero-order valence-electron chi connectivity index (χ0n) is 10.4. The molecule has 0 amide bonds. The number of aromatic nitrogens is 2. The minimum absolute atomic E-state index is 0.0564. The summed E-state index contributed by atoms with van der Waals surface area (Å²) in [7, 11) is 3.20. The van der Waals surface area contributed by atoms with E-state index < -0.39 is 5.69 Å². The number of aromatic amines is 1. The van der Waals surface area contributed by atoms with Crippen LogP contribution in [0.3, 0.4) is 0 Å². The molecular weight excluding hydrogens is 224 g/mol. The molecule has 17 heavy (non-hydrogen) atoms. The predicted molar refractivity (Wildman–Crippen MR) is 63.3 cm³/mol. The molecule has 96 valence electrons. The smallest absolute Gasteiger partial charge is 0.328 e. The van der Waals surface area contributed by atoms with E-state index in [0.717, 1.165) is 0 Å². The van der Waals surface area contributed by atoms with Gasteiger partial charge in [-0.25, -0.2) is 4.79 Å². The second-order valence-corrected chi connectivity index (χ2v) is 3.87. The van der Waals surface area contributed by atoms with Crippen molar-refractivity contribution in [3.63, 3.8) is 0 Å². The fourth-order valence-corrected chi connectivity index (χ4v) is 1.52. The first-order valence-electron chi connectivity index (χ1n) is 5.40. The van der Waals surface area contributed by atoms with Crippen molar-refractivity contribution in [2.45, 2.75) is 26.0 Å². The average Bonchev–Trinajstić information content (AvgIpc) is 2.30. The lowest BCUT2D eigenvalue weighted by molar-refractivity contribution is 0.0209. The molecule has 1 unspecified atom stereocenters. The van der Waals surface area contributed by atoms with E-state index in [1.165, 1.54) is 4.57 Å². The Bertz CT molecular complexity index is 463. The van der Waals surface area contributed by atoms with Gasteiger partial charge in [0.25, 0.3) is 5.56 Å². The number of nitrogens with one attached hydrogen (secondary N) is 1. The van der Waals surface area contributed by atoms with Crippen LogP contribution in [-0.4, -0.2) is 36.5 Å². The Morgan fingerprint density at radius 3 is 2.71 bits per heavy atom. The standard InChI is InChI=1S/C11H18N2O4/c1-8-6-13(11(15)12-10(8)14)5-4-9(17-3)7-16-2/h6,9H,4-5,7H2,1-3H3,(H,12,14,15). The van der Waals surface area contributed by atoms with E-state index in [9.17, 15) is 9.59 Å². The van der Waals surface area contributed by atoms with Crippen molar-refractivity contribution in [1.82, 2.24) is 9.55 Å². The van der Waals surface area contributed by atoms with Gasteiger partial charge in [-0.05, 0) is 13.3 Å². The monoisotopic (exact) mass is 242 g/mol. The van der Waals surface area contributed by atoms with Crippen molar-refractivity contribution < 1.29 is 9.47 Å². The molecule has 1 atom stereocenters. The first kappa shape index (κ1) is 13.7. The van der Waals surface area contributed by atoms with Gasteiger partial charge in [0.1, 0.15) is 0 Å². The number of hydrogen-bond donors (Lipinski definition) is 1. The lowest BCUT2D eigenvalue weighted by Gasteiger charge is -2.14. The quantitative estimate of drug-likeness (QED) is 0.755. The minimum atomic E-state index is -0.395. The van der Waals surface area contributed by atoms with Gasteiger partial charge in [0.05, 0.1) is 12.7 Å². The number of nitrogens with zero attached hydrogens (tertiary/aromatic N) is 1. The van der Waals surface area contributed by atoms with Crippen molar-refractivity contribution in [2.24, 2.45) is 0 Å². The van der Waals surface area contributed by atoms with Gasteiger partial charge < -0.3 is 14.0 Å². The maximum Gasteiger partial charge on any atom is 0.328 e. The molecule has 0 aliphatic carbocycles. The topological polar surface area (TPSA) is 73.3 Å². The summed E-state index contributed by atoms with van der Waals surface area (Å²) in [5.74, 6) is 0. The van der Waals surface area contributed by atoms with Gasteiger partial charge in [-0.1, -0.05) is 0 Å². The van der Waals surface area contributed by atoms with Gasteiger partial charge in [0.15, 0.2) is 0 Å². The molecule has 0 saturated heterocycles. The maximum absolute atomic E-state index is 11.5. The summed E-state index contributed by atoms with van der Waals surface area (Å²) in [6.45, 7) is 2.63. The summed E-state index contributed by atoms with van der Waals surface area (Å²) in [4.78, 5) is 24.9. The van der Waals surface area contributed by atoms with Crippen LogP contribution in [-0.2, 0) is 16.0 Å². The highest BCUT2D eigenvalue weighted by atomic mass is 16.5. The van der Waals surface area contributed by atoms with Crippen molar-refractivity contribution >= 4 is 0 Å². The van der Waals surface area contributed by atoms with Crippen molar-refractivity contribution in [3.05, 3.63) is 32.6 Å². The SMILES string of the molecule is COCC(CCn1cc(C)c(=O)[nH]c1=O)OC. The molecule has 0 aromatic carbocycles. The molecule has 1 aromatic rings. The van der Waals surface area contributed by atoms with Gasteiger partial charge in [0.2, 0.25) is 0 Å². The Kier molecular flexibility index (Phi) is 5.11. The normalized spacial score (nSPS) is 12.6. The van der Waals surface area contributed by atoms with Gasteiger partial charge in [-0.3, -0.25) is 9.78 Å². The molecule has 0 radical (unpaired) electrons. The first-order chi connectivity index (χ1) is 8.08. The first-order valence-corrected chi connectivity index (χ1v) is 5.40. The van der Waals surface area contributed by atoms with Gasteiger partial charge in [0, 0.05) is 32.5 Å². The molecule has 1 aromatic heterocycles. The second-order valence-electron chi connectivity index (χ2n) is 3.87. The number of methoxy groups -OCH3 is 2. The molecule has 0 spiro atoms. The molecule has 1 N–H and O–H groups in total. The van der Waals surface area contributed by atoms with E-state index in [1.54, 1.807) is 27.3 Å². The van der Waals surface area contributed by atoms with E-state index in [2.05, 4.69) is 4.98 Å². The van der Waals surface area contributed by atoms with E-state index in [0.29, 0.717) is 25.1 Å². The fraction of sp³-hybridized carbons (Fsp3) is 0.636. The third kappa shape index (κ3) is 3.83. The molecule has 0 fully saturated rings. The predicted octanol–water partition coefficient (Wildman–Crippen LogP) is -0.103. The minimum Gasteiger partial charge on any atom is -0.382 e. The lowest BCUT2D eigenvalue weighted by atomic mass is 10.2. The van der Waals surface area contributed by atoms with Crippen LogP contribution in [0.25, 0.3) is 0 Å². The van der Waals surface area contributed by atoms with E-state index in [-0.39, 0.29) is 11.7 Å². The zero-order chi connectivity index (χ0) is 12.8. The third-order valence-corrected chi connectivity index (χ3v) is 2.57. The van der Waals surface area contributed by atoms with Crippen LogP contribution >= 0.6 is 0 Å². The van der Waals surface area contributed by atoms with Crippen LogP contribution in [0, 0.1) is 6.92 Å². The van der Waals surface area contributed by atoms with Crippen molar-refractivity contribution in [2.75, 3.05) is 20.8 Å². The maximum atomic E-state index is 11.5. The van der Waals surface area contributed by atoms with Gasteiger partial charge in [-0.2, -0.15) is 0 Å². The van der Waals surface area contributed by atoms with Crippen LogP contribution in [0.4, 0.5) is 0 Å². The fourth-order valence-electron chi connectivity index (χ4n) is 1.52. The summed E-state index contributed by atoms with van der Waals surface area (Å²) >= 11 is 0. The van der Waals surface area contributed by atoms with E-state index >= 15 is 0 Å². The molecule has 6 nitrogen and oxygen atoms in total. The Labute approximate surface area is 99.2 Å². The highest BCUT2D eigenvalue weighted by Gasteiger charge is 2.08. The van der Waals surface area contributed by atoms with E-state index in [4.69, 9.17) is 9.47 Å². The Morgan fingerprint density at radius 2 is 2.12 bits per heavy atom. The number of H-pyrrole nitrogens is 1. The van der Waals surface area contributed by atoms with Crippen LogP contribution in [0.15, 0.2) is 15.8 Å². The van der Waals surface area contributed by atoms with Crippen LogP contribution in [0.1, 0.15) is 12.0 Å². The molecule has 0 saturated carbocycles. The Balaban J connectivity index is 2.72. The summed E-state index contributed by atoms with van der Waals surface area (Å²) in [5, 5.41) is 0. The average molecular weight is 242 g/mol. The molecule has 0 bridgehead atoms. The van der Waals surface area contributed by atoms with E-state index in [1.807, 2.05) is 0 Å². The Hall–Kier alpha value is -1.40. The summed E-state index contributed by atoms with van der Waals surface area (Å²) in [5.41, 5.74) is -0.218. The Morgan fingerprint density at radius 1 is 1.41 bits per heavy atom. The number of aryl methyl sites for hydroxylation is 2. The highest BCUT2D eigenvalue weighted by molar-refractivity contribution is 5.00. The third-order valence-electron chi connectivity index (χ3n) is 2.57. The van der Waals surface area contributed by atoms with Crippen LogP contribution in [0.2, 0.25) is 0 Å². The number of ether oxygens (including phenoxy) is 2. The molecular formula is C11H18N2O4. The molecule has 1 rings (SSSR count). The largest absolute Gasteiger partial charge is 0.382 e. The van der Waals surface area contributed by atoms with Gasteiger partial charge >= 0.3 is 5.69 Å². The summed E-state index contributed by atoms with van der Waals surface area (Å²) in [6.07, 6.45) is 2.15. The zero-order valence-corrected chi connectivity index (χ0v) is 10.4. The van der Waals surface area contributed by atoms with Crippen molar-refractivity contribution in [1.29, 1.82) is 0 Å². The van der Waals surface area contributed by atoms with Gasteiger partial charge in [-0.15, -0.1) is 0 Å². The molecule has 6 heteroatoms. The molecule has 1 heterocycles. The lowest BCUT2D eigenvalue weighted by Crippen LogP contribution is -2.32. The molecule has 0 aliphatic heterocycles. The number of rotatable bonds is 6. The summed E-state index contributed by atoms with van der Waals surface area (Å²) in [6, 6.07) is 0. The number of hydrogen-bond acceptors (Lipinski definition) is 4. The van der Waals surface area contributed by atoms with Crippen LogP contribution < -0.4 is 11.2 Å². The molecule has 0 aliphatic rings. The highest BCUT2D eigenvalue weighted by Crippen LogP contribution is 1.99. The van der Waals surface area contributed by atoms with Crippen molar-refractivity contribution in [3.8, 4) is 0 Å². The second kappa shape index (κ2) is 6.36. The van der Waals surface area contributed by atoms with Crippen LogP contribution in [0.5, 0.6) is 0 Å². The summed E-state index contributed by atoms with van der Waals surface area (Å²) < 4.78 is 11.7.